The lowest BCUT2D eigenvalue weighted by molar-refractivity contribution is -0.138. The maximum Gasteiger partial charge on any atom is 0.417 e. The predicted octanol–water partition coefficient (Wildman–Crippen LogP) is 3.78. The summed E-state index contributed by atoms with van der Waals surface area (Å²) in [5, 5.41) is 2.91. The molecule has 0 N–H and O–H groups in total. The molecule has 4 heterocycles. The van der Waals surface area contributed by atoms with E-state index in [-0.39, 0.29) is 16.8 Å². The van der Waals surface area contributed by atoms with Crippen LogP contribution in [0.15, 0.2) is 23.8 Å². The molecule has 0 spiro atoms. The lowest BCUT2D eigenvalue weighted by Crippen LogP contribution is -2.51. The minimum absolute atomic E-state index is 0.0205. The number of anilines is 2. The van der Waals surface area contributed by atoms with Gasteiger partial charge in [-0.2, -0.15) is 13.2 Å². The van der Waals surface area contributed by atoms with E-state index in [1.807, 2.05) is 15.2 Å². The molecule has 1 amide bonds. The molecule has 6 nitrogen and oxygen atoms in total. The fourth-order valence-corrected chi connectivity index (χ4v) is 4.89. The Bertz CT molecular complexity index is 879. The van der Waals surface area contributed by atoms with Gasteiger partial charge in [-0.1, -0.05) is 11.6 Å². The van der Waals surface area contributed by atoms with Crippen LogP contribution >= 0.6 is 22.9 Å². The van der Waals surface area contributed by atoms with Crippen LogP contribution in [0.3, 0.4) is 0 Å². The number of nitrogens with zero attached hydrogens (tertiary/aromatic N) is 5. The largest absolute Gasteiger partial charge is 0.417 e. The first-order valence-corrected chi connectivity index (χ1v) is 11.0. The number of aromatic nitrogens is 2. The molecule has 0 aromatic carbocycles. The second-order valence-electron chi connectivity index (χ2n) is 7.42. The normalized spacial score (nSPS) is 18.7. The molecule has 0 aliphatic carbocycles. The third-order valence-electron chi connectivity index (χ3n) is 5.57. The lowest BCUT2D eigenvalue weighted by atomic mass is 9.95. The Labute approximate surface area is 181 Å². The highest BCUT2D eigenvalue weighted by molar-refractivity contribution is 7.13. The molecule has 0 bridgehead atoms. The van der Waals surface area contributed by atoms with Crippen molar-refractivity contribution < 1.29 is 18.0 Å². The molecule has 0 atom stereocenters. The maximum absolute atomic E-state index is 12.9. The molecule has 2 aromatic rings. The number of thiazole rings is 1. The minimum Gasteiger partial charge on any atom is -0.355 e. The average Bonchev–Trinajstić information content (AvgIpc) is 3.28. The van der Waals surface area contributed by atoms with E-state index in [0.29, 0.717) is 44.8 Å². The standard InChI is InChI=1S/C19H21ClF3N5OS/c20-15-11-14(19(21,22)23)12-25-16(15)26-4-1-13(2-5-26)17(29)27-6-8-28(9-7-27)18-24-3-10-30-18/h3,10-13H,1-2,4-9H2. The second kappa shape index (κ2) is 8.58. The van der Waals surface area contributed by atoms with Gasteiger partial charge in [-0.25, -0.2) is 9.97 Å². The van der Waals surface area contributed by atoms with Gasteiger partial charge in [0.25, 0.3) is 0 Å². The highest BCUT2D eigenvalue weighted by atomic mass is 35.5. The zero-order valence-electron chi connectivity index (χ0n) is 16.1. The minimum atomic E-state index is -4.47. The summed E-state index contributed by atoms with van der Waals surface area (Å²) in [7, 11) is 0. The van der Waals surface area contributed by atoms with E-state index in [1.54, 1.807) is 17.5 Å². The third kappa shape index (κ3) is 4.49. The summed E-state index contributed by atoms with van der Waals surface area (Å²) in [6.45, 7) is 3.95. The van der Waals surface area contributed by atoms with Crippen molar-refractivity contribution in [2.75, 3.05) is 49.1 Å². The molecular formula is C19H21ClF3N5OS. The maximum atomic E-state index is 12.9. The number of piperazine rings is 1. The Morgan fingerprint density at radius 2 is 1.77 bits per heavy atom. The van der Waals surface area contributed by atoms with Crippen molar-refractivity contribution in [2.45, 2.75) is 19.0 Å². The molecule has 11 heteroatoms. The van der Waals surface area contributed by atoms with Gasteiger partial charge in [0.2, 0.25) is 5.91 Å². The highest BCUT2D eigenvalue weighted by Gasteiger charge is 2.34. The number of carbonyl (C=O) groups excluding carboxylic acids is 1. The Hall–Kier alpha value is -2.07. The van der Waals surface area contributed by atoms with Gasteiger partial charge in [-0.15, -0.1) is 11.3 Å². The number of hydrogen-bond donors (Lipinski definition) is 0. The van der Waals surface area contributed by atoms with Crippen LogP contribution in [0.2, 0.25) is 5.02 Å². The van der Waals surface area contributed by atoms with Crippen LogP contribution < -0.4 is 9.80 Å². The van der Waals surface area contributed by atoms with Gasteiger partial charge in [0.15, 0.2) is 5.13 Å². The summed E-state index contributed by atoms with van der Waals surface area (Å²) in [5.41, 5.74) is -0.863. The number of alkyl halides is 3. The van der Waals surface area contributed by atoms with Gasteiger partial charge >= 0.3 is 6.18 Å². The van der Waals surface area contributed by atoms with E-state index in [1.165, 1.54) is 0 Å². The number of amides is 1. The van der Waals surface area contributed by atoms with Crippen molar-refractivity contribution in [1.82, 2.24) is 14.9 Å². The molecule has 0 unspecified atom stereocenters. The molecule has 0 radical (unpaired) electrons. The summed E-state index contributed by atoms with van der Waals surface area (Å²) in [5.74, 6) is 0.411. The van der Waals surface area contributed by atoms with Crippen LogP contribution in [-0.4, -0.2) is 60.0 Å². The van der Waals surface area contributed by atoms with E-state index < -0.39 is 11.7 Å². The summed E-state index contributed by atoms with van der Waals surface area (Å²) >= 11 is 7.65. The summed E-state index contributed by atoms with van der Waals surface area (Å²) < 4.78 is 38.4. The first-order chi connectivity index (χ1) is 14.3. The first-order valence-electron chi connectivity index (χ1n) is 9.74. The molecule has 30 heavy (non-hydrogen) atoms. The zero-order valence-corrected chi connectivity index (χ0v) is 17.7. The molecule has 2 saturated heterocycles. The average molecular weight is 460 g/mol. The Kier molecular flexibility index (Phi) is 6.06. The number of halogens is 4. The van der Waals surface area contributed by atoms with Crippen LogP contribution in [0.1, 0.15) is 18.4 Å². The van der Waals surface area contributed by atoms with Gasteiger partial charge in [0.05, 0.1) is 10.6 Å². The van der Waals surface area contributed by atoms with Crippen LogP contribution in [-0.2, 0) is 11.0 Å². The smallest absolute Gasteiger partial charge is 0.355 e. The van der Waals surface area contributed by atoms with Gasteiger partial charge in [0, 0.05) is 63.0 Å². The van der Waals surface area contributed by atoms with Crippen LogP contribution in [0.4, 0.5) is 24.1 Å². The Morgan fingerprint density at radius 3 is 2.33 bits per heavy atom. The fourth-order valence-electron chi connectivity index (χ4n) is 3.91. The molecule has 4 rings (SSSR count). The topological polar surface area (TPSA) is 52.6 Å². The van der Waals surface area contributed by atoms with E-state index in [4.69, 9.17) is 11.6 Å². The fraction of sp³-hybridized carbons (Fsp3) is 0.526. The summed E-state index contributed by atoms with van der Waals surface area (Å²) in [4.78, 5) is 27.1. The molecule has 2 aromatic heterocycles. The Balaban J connectivity index is 1.31. The summed E-state index contributed by atoms with van der Waals surface area (Å²) in [6, 6.07) is 0.906. The van der Waals surface area contributed by atoms with Gasteiger partial charge in [0.1, 0.15) is 5.82 Å². The van der Waals surface area contributed by atoms with Crippen molar-refractivity contribution >= 4 is 39.8 Å². The highest BCUT2D eigenvalue weighted by Crippen LogP contribution is 2.35. The molecule has 2 fully saturated rings. The van der Waals surface area contributed by atoms with Crippen molar-refractivity contribution in [1.29, 1.82) is 0 Å². The van der Waals surface area contributed by atoms with Gasteiger partial charge < -0.3 is 14.7 Å². The number of pyridine rings is 1. The predicted molar refractivity (Wildman–Crippen MR) is 110 cm³/mol. The molecule has 2 aliphatic heterocycles. The van der Waals surface area contributed by atoms with Crippen LogP contribution in [0, 0.1) is 5.92 Å². The number of piperidine rings is 1. The van der Waals surface area contributed by atoms with E-state index in [2.05, 4.69) is 14.9 Å². The lowest BCUT2D eigenvalue weighted by Gasteiger charge is -2.38. The van der Waals surface area contributed by atoms with Crippen molar-refractivity contribution in [2.24, 2.45) is 5.92 Å². The number of hydrogen-bond acceptors (Lipinski definition) is 6. The SMILES string of the molecule is O=C(C1CCN(c2ncc(C(F)(F)F)cc2Cl)CC1)N1CCN(c2nccs2)CC1. The van der Waals surface area contributed by atoms with E-state index >= 15 is 0 Å². The molecule has 0 saturated carbocycles. The van der Waals surface area contributed by atoms with Gasteiger partial charge in [-0.05, 0) is 18.9 Å². The Morgan fingerprint density at radius 1 is 1.07 bits per heavy atom. The van der Waals surface area contributed by atoms with E-state index in [0.717, 1.165) is 30.5 Å². The number of carbonyl (C=O) groups is 1. The summed E-state index contributed by atoms with van der Waals surface area (Å²) in [6.07, 6.45) is -0.628. The number of rotatable bonds is 3. The monoisotopic (exact) mass is 459 g/mol. The second-order valence-corrected chi connectivity index (χ2v) is 8.70. The quantitative estimate of drug-likeness (QED) is 0.699. The first kappa shape index (κ1) is 21.2. The van der Waals surface area contributed by atoms with Crippen molar-refractivity contribution in [3.05, 3.63) is 34.4 Å². The molecule has 162 valence electrons. The van der Waals surface area contributed by atoms with Crippen LogP contribution in [0.25, 0.3) is 0 Å². The van der Waals surface area contributed by atoms with Gasteiger partial charge in [-0.3, -0.25) is 4.79 Å². The van der Waals surface area contributed by atoms with Crippen molar-refractivity contribution in [3.8, 4) is 0 Å². The zero-order chi connectivity index (χ0) is 21.3. The molecular weight excluding hydrogens is 439 g/mol. The third-order valence-corrected chi connectivity index (χ3v) is 6.68. The van der Waals surface area contributed by atoms with Crippen LogP contribution in [0.5, 0.6) is 0 Å². The molecule has 2 aliphatic rings. The van der Waals surface area contributed by atoms with E-state index in [9.17, 15) is 18.0 Å². The van der Waals surface area contributed by atoms with Crippen molar-refractivity contribution in [3.63, 3.8) is 0 Å².